The second-order valence-electron chi connectivity index (χ2n) is 15.3. The summed E-state index contributed by atoms with van der Waals surface area (Å²) in [7, 11) is 3.64. The Morgan fingerprint density at radius 2 is 1.60 bits per heavy atom. The van der Waals surface area contributed by atoms with Crippen LogP contribution in [0.3, 0.4) is 0 Å². The Kier molecular flexibility index (Phi) is 10.3. The summed E-state index contributed by atoms with van der Waals surface area (Å²) in [6.07, 6.45) is 1.18. The Balaban J connectivity index is 1.27. The Morgan fingerprint density at radius 3 is 2.28 bits per heavy atom. The van der Waals surface area contributed by atoms with E-state index in [0.717, 1.165) is 66.4 Å². The van der Waals surface area contributed by atoms with Gasteiger partial charge in [-0.2, -0.15) is 5.10 Å². The third-order valence-corrected chi connectivity index (χ3v) is 12.3. The number of benzene rings is 4. The topological polar surface area (TPSA) is 104 Å². The fraction of sp³-hybridized carbons (Fsp3) is 0.283. The quantitative estimate of drug-likeness (QED) is 0.130. The third-order valence-electron chi connectivity index (χ3n) is 11.4. The molecule has 0 spiro atoms. The van der Waals surface area contributed by atoms with Crippen LogP contribution in [-0.4, -0.2) is 49.0 Å². The van der Waals surface area contributed by atoms with Crippen molar-refractivity contribution in [2.45, 2.75) is 60.1 Å². The number of ether oxygens (including phenoxy) is 2. The zero-order chi connectivity index (χ0) is 41.2. The zero-order valence-electron chi connectivity index (χ0n) is 33.6. The van der Waals surface area contributed by atoms with Crippen LogP contribution in [0.15, 0.2) is 72.8 Å². The number of rotatable bonds is 11. The van der Waals surface area contributed by atoms with E-state index in [1.54, 1.807) is 22.6 Å². The van der Waals surface area contributed by atoms with E-state index in [1.807, 2.05) is 106 Å². The second kappa shape index (κ2) is 15.2. The number of carbonyl (C=O) groups is 2. The molecule has 10 nitrogen and oxygen atoms in total. The predicted octanol–water partition coefficient (Wildman–Crippen LogP) is 10.6. The number of halogens is 2. The molecule has 1 aliphatic heterocycles. The summed E-state index contributed by atoms with van der Waals surface area (Å²) in [6.45, 7) is 11.1. The number of anilines is 1. The summed E-state index contributed by atoms with van der Waals surface area (Å²) < 4.78 is 18.2. The van der Waals surface area contributed by atoms with Gasteiger partial charge in [-0.1, -0.05) is 59.6 Å². The largest absolute Gasteiger partial charge is 0.494 e. The molecule has 298 valence electrons. The average Bonchev–Trinajstić information content (AvgIpc) is 3.80. The number of carboxylic acids is 1. The summed E-state index contributed by atoms with van der Waals surface area (Å²) in [6, 6.07) is 22.8. The van der Waals surface area contributed by atoms with Gasteiger partial charge in [0, 0.05) is 65.4 Å². The molecule has 0 fully saturated rings. The molecule has 0 saturated carbocycles. The van der Waals surface area contributed by atoms with E-state index < -0.39 is 5.97 Å². The molecule has 0 bridgehead atoms. The number of amides is 1. The van der Waals surface area contributed by atoms with Gasteiger partial charge in [-0.15, -0.1) is 0 Å². The van der Waals surface area contributed by atoms with Crippen LogP contribution in [0.1, 0.15) is 74.0 Å². The summed E-state index contributed by atoms with van der Waals surface area (Å²) in [5.41, 5.74) is 10.1. The summed E-state index contributed by atoms with van der Waals surface area (Å²) in [5, 5.41) is 17.8. The van der Waals surface area contributed by atoms with Gasteiger partial charge in [0.2, 0.25) is 0 Å². The number of carbonyl (C=O) groups excluding carboxylic acids is 1. The van der Waals surface area contributed by atoms with Gasteiger partial charge in [0.25, 0.3) is 5.91 Å². The lowest BCUT2D eigenvalue weighted by Gasteiger charge is -2.35. The molecule has 0 unspecified atom stereocenters. The molecule has 1 N–H and O–H groups in total. The number of aryl methyl sites for hydroxylation is 6. The van der Waals surface area contributed by atoms with Crippen LogP contribution in [0, 0.1) is 27.7 Å². The lowest BCUT2D eigenvalue weighted by atomic mass is 9.98. The maximum atomic E-state index is 15.4. The van der Waals surface area contributed by atoms with Gasteiger partial charge in [-0.3, -0.25) is 9.48 Å². The fourth-order valence-electron chi connectivity index (χ4n) is 8.63. The zero-order valence-corrected chi connectivity index (χ0v) is 35.1. The van der Waals surface area contributed by atoms with Gasteiger partial charge >= 0.3 is 5.97 Å². The fourth-order valence-corrected chi connectivity index (χ4v) is 8.98. The SMILES string of the molecule is Cc1cc(OCCCc2c3n(c4c(-c5c(C)nn(C)c5C)c(Cl)ccc24)[C@H](C)CN(c2cc(OCc4ccccc4)cc4cc(C(=O)O)n(C)c24)C3=O)cc(C)c1Cl. The molecule has 1 aliphatic rings. The van der Waals surface area contributed by atoms with Crippen molar-refractivity contribution in [2.24, 2.45) is 14.1 Å². The smallest absolute Gasteiger partial charge is 0.352 e. The molecule has 1 amide bonds. The van der Waals surface area contributed by atoms with Crippen LogP contribution < -0.4 is 14.4 Å². The molecule has 4 heterocycles. The molecule has 8 rings (SSSR count). The third kappa shape index (κ3) is 6.68. The van der Waals surface area contributed by atoms with E-state index in [-0.39, 0.29) is 17.6 Å². The van der Waals surface area contributed by atoms with Crippen molar-refractivity contribution in [1.29, 1.82) is 0 Å². The number of hydrogen-bond acceptors (Lipinski definition) is 5. The molecular formula is C46H45Cl2N5O5. The summed E-state index contributed by atoms with van der Waals surface area (Å²) in [5.74, 6) is 0.0172. The number of fused-ring (bicyclic) bond motifs is 4. The highest BCUT2D eigenvalue weighted by atomic mass is 35.5. The van der Waals surface area contributed by atoms with Crippen molar-refractivity contribution >= 4 is 62.6 Å². The van der Waals surface area contributed by atoms with E-state index in [0.29, 0.717) is 65.7 Å². The van der Waals surface area contributed by atoms with Crippen molar-refractivity contribution < 1.29 is 24.2 Å². The molecular weight excluding hydrogens is 773 g/mol. The molecule has 4 aromatic carbocycles. The number of aromatic nitrogens is 4. The highest BCUT2D eigenvalue weighted by Crippen LogP contribution is 2.46. The van der Waals surface area contributed by atoms with Crippen LogP contribution in [-0.2, 0) is 27.1 Å². The maximum Gasteiger partial charge on any atom is 0.352 e. The van der Waals surface area contributed by atoms with Gasteiger partial charge in [-0.25, -0.2) is 4.79 Å². The first-order chi connectivity index (χ1) is 27.7. The van der Waals surface area contributed by atoms with E-state index in [2.05, 4.69) is 11.5 Å². The van der Waals surface area contributed by atoms with Crippen molar-refractivity contribution in [3.05, 3.63) is 128 Å². The highest BCUT2D eigenvalue weighted by Gasteiger charge is 2.38. The van der Waals surface area contributed by atoms with Crippen molar-refractivity contribution in [3.63, 3.8) is 0 Å². The van der Waals surface area contributed by atoms with Crippen LogP contribution in [0.2, 0.25) is 10.0 Å². The lowest BCUT2D eigenvalue weighted by Crippen LogP contribution is -2.43. The predicted molar refractivity (Wildman–Crippen MR) is 230 cm³/mol. The normalized spacial score (nSPS) is 14.1. The van der Waals surface area contributed by atoms with E-state index >= 15 is 4.79 Å². The Labute approximate surface area is 347 Å². The first-order valence-electron chi connectivity index (χ1n) is 19.4. The van der Waals surface area contributed by atoms with Gasteiger partial charge in [0.1, 0.15) is 29.5 Å². The minimum absolute atomic E-state index is 0.108. The maximum absolute atomic E-state index is 15.4. The monoisotopic (exact) mass is 817 g/mol. The number of carboxylic acid groups (broad SMARTS) is 1. The minimum atomic E-state index is -1.06. The molecule has 3 aromatic heterocycles. The highest BCUT2D eigenvalue weighted by molar-refractivity contribution is 6.35. The Bertz CT molecular complexity index is 2760. The van der Waals surface area contributed by atoms with E-state index in [1.165, 1.54) is 0 Å². The number of nitrogens with zero attached hydrogens (tertiary/aromatic N) is 5. The van der Waals surface area contributed by atoms with Crippen LogP contribution in [0.4, 0.5) is 5.69 Å². The van der Waals surface area contributed by atoms with Crippen molar-refractivity contribution in [2.75, 3.05) is 18.1 Å². The van der Waals surface area contributed by atoms with Gasteiger partial charge in [0.15, 0.2) is 0 Å². The van der Waals surface area contributed by atoms with Crippen LogP contribution >= 0.6 is 23.2 Å². The molecule has 1 atom stereocenters. The first kappa shape index (κ1) is 39.1. The summed E-state index contributed by atoms with van der Waals surface area (Å²) >= 11 is 13.6. The summed E-state index contributed by atoms with van der Waals surface area (Å²) in [4.78, 5) is 29.6. The molecule has 58 heavy (non-hydrogen) atoms. The Morgan fingerprint density at radius 1 is 0.897 bits per heavy atom. The molecule has 7 aromatic rings. The van der Waals surface area contributed by atoms with Gasteiger partial charge in [0.05, 0.1) is 34.0 Å². The number of hydrogen-bond donors (Lipinski definition) is 1. The van der Waals surface area contributed by atoms with Gasteiger partial charge in [-0.05, 0) is 100 Å². The standard InChI is InChI=1S/C46H45Cl2N5O5/c1-25-18-32(19-26(2)41(25)48)57-17-11-14-34-35-15-16-36(47)40(39-28(4)49-51(7)29(39)5)43(35)53-27(3)23-52(45(54)44(34)53)37-22-33(58-24-30-12-9-8-10-13-30)20-31-21-38(46(55)56)50(6)42(31)37/h8-10,12-13,15-16,18-22,27H,11,14,17,23-24H2,1-7H3,(H,55,56)/t27-/m1/s1. The molecule has 0 radical (unpaired) electrons. The Hall–Kier alpha value is -5.71. The molecule has 0 aliphatic carbocycles. The second-order valence-corrected chi connectivity index (χ2v) is 16.1. The first-order valence-corrected chi connectivity index (χ1v) is 20.1. The van der Waals surface area contributed by atoms with Crippen molar-refractivity contribution in [1.82, 2.24) is 18.9 Å². The average molecular weight is 819 g/mol. The number of aromatic carboxylic acids is 1. The van der Waals surface area contributed by atoms with E-state index in [9.17, 15) is 9.90 Å². The molecule has 12 heteroatoms. The lowest BCUT2D eigenvalue weighted by molar-refractivity contribution is 0.0687. The van der Waals surface area contributed by atoms with E-state index in [4.69, 9.17) is 37.8 Å². The van der Waals surface area contributed by atoms with Crippen LogP contribution in [0.5, 0.6) is 11.5 Å². The minimum Gasteiger partial charge on any atom is -0.494 e. The van der Waals surface area contributed by atoms with Gasteiger partial charge < -0.3 is 28.6 Å². The van der Waals surface area contributed by atoms with Crippen molar-refractivity contribution in [3.8, 4) is 22.6 Å². The molecule has 0 saturated heterocycles. The van der Waals surface area contributed by atoms with Crippen LogP contribution in [0.25, 0.3) is 32.9 Å².